The minimum atomic E-state index is 0.633. The summed E-state index contributed by atoms with van der Waals surface area (Å²) in [4.78, 5) is 8.90. The summed E-state index contributed by atoms with van der Waals surface area (Å²) >= 11 is 0. The molecule has 4 heteroatoms. The smallest absolute Gasteiger partial charge is 0.129 e. The molecule has 0 radical (unpaired) electrons. The van der Waals surface area contributed by atoms with Crippen LogP contribution in [-0.2, 0) is 24.4 Å². The molecule has 0 unspecified atom stereocenters. The van der Waals surface area contributed by atoms with Gasteiger partial charge >= 0.3 is 0 Å². The summed E-state index contributed by atoms with van der Waals surface area (Å²) in [6.07, 6.45) is 1.81. The summed E-state index contributed by atoms with van der Waals surface area (Å²) in [5.74, 6) is 0.900. The Morgan fingerprint density at radius 2 is 2.21 bits per heavy atom. The highest BCUT2D eigenvalue weighted by Gasteiger charge is 2.16. The maximum atomic E-state index is 5.45. The molecule has 0 atom stereocenters. The van der Waals surface area contributed by atoms with Crippen LogP contribution in [-0.4, -0.2) is 16.5 Å². The van der Waals surface area contributed by atoms with Gasteiger partial charge in [0.1, 0.15) is 5.82 Å². The normalized spacial score (nSPS) is 14.4. The SMILES string of the molecule is Cc1nc(CCCN)nc2c1COC2. The summed E-state index contributed by atoms with van der Waals surface area (Å²) in [5, 5.41) is 0. The second kappa shape index (κ2) is 4.02. The fourth-order valence-corrected chi connectivity index (χ4v) is 1.65. The molecule has 76 valence electrons. The lowest BCUT2D eigenvalue weighted by Gasteiger charge is -2.04. The highest BCUT2D eigenvalue weighted by molar-refractivity contribution is 5.26. The Kier molecular flexibility index (Phi) is 2.74. The van der Waals surface area contributed by atoms with Crippen molar-refractivity contribution in [3.63, 3.8) is 0 Å². The Bertz CT molecular complexity index is 338. The molecular weight excluding hydrogens is 178 g/mol. The second-order valence-electron chi connectivity index (χ2n) is 3.54. The zero-order chi connectivity index (χ0) is 9.97. The van der Waals surface area contributed by atoms with E-state index in [1.54, 1.807) is 0 Å². The lowest BCUT2D eigenvalue weighted by atomic mass is 10.2. The van der Waals surface area contributed by atoms with Crippen LogP contribution in [0.2, 0.25) is 0 Å². The van der Waals surface area contributed by atoms with Gasteiger partial charge in [0.25, 0.3) is 0 Å². The van der Waals surface area contributed by atoms with Gasteiger partial charge in [-0.1, -0.05) is 0 Å². The maximum absolute atomic E-state index is 5.45. The van der Waals surface area contributed by atoms with Crippen molar-refractivity contribution in [2.75, 3.05) is 6.54 Å². The van der Waals surface area contributed by atoms with E-state index in [-0.39, 0.29) is 0 Å². The van der Waals surface area contributed by atoms with Gasteiger partial charge in [0.15, 0.2) is 0 Å². The van der Waals surface area contributed by atoms with Gasteiger partial charge in [0.2, 0.25) is 0 Å². The molecule has 0 saturated carbocycles. The first kappa shape index (κ1) is 9.55. The van der Waals surface area contributed by atoms with Gasteiger partial charge in [0, 0.05) is 17.7 Å². The van der Waals surface area contributed by atoms with Gasteiger partial charge in [-0.2, -0.15) is 0 Å². The van der Waals surface area contributed by atoms with E-state index in [1.165, 1.54) is 5.56 Å². The molecule has 0 spiro atoms. The molecule has 0 aromatic carbocycles. The Labute approximate surface area is 83.5 Å². The minimum absolute atomic E-state index is 0.633. The fourth-order valence-electron chi connectivity index (χ4n) is 1.65. The number of rotatable bonds is 3. The predicted molar refractivity (Wildman–Crippen MR) is 52.6 cm³/mol. The van der Waals surface area contributed by atoms with E-state index in [2.05, 4.69) is 9.97 Å². The van der Waals surface area contributed by atoms with Gasteiger partial charge in [0.05, 0.1) is 18.9 Å². The zero-order valence-electron chi connectivity index (χ0n) is 8.42. The summed E-state index contributed by atoms with van der Waals surface area (Å²) in [5.41, 5.74) is 8.73. The molecule has 2 heterocycles. The number of aryl methyl sites for hydroxylation is 2. The zero-order valence-corrected chi connectivity index (χ0v) is 8.42. The summed E-state index contributed by atoms with van der Waals surface area (Å²) < 4.78 is 5.33. The van der Waals surface area contributed by atoms with Crippen molar-refractivity contribution in [3.8, 4) is 0 Å². The van der Waals surface area contributed by atoms with E-state index in [4.69, 9.17) is 10.5 Å². The van der Waals surface area contributed by atoms with Crippen LogP contribution in [0.4, 0.5) is 0 Å². The van der Waals surface area contributed by atoms with Gasteiger partial charge in [-0.15, -0.1) is 0 Å². The molecule has 1 aromatic heterocycles. The van der Waals surface area contributed by atoms with E-state index >= 15 is 0 Å². The van der Waals surface area contributed by atoms with Crippen molar-refractivity contribution < 1.29 is 4.74 Å². The molecule has 14 heavy (non-hydrogen) atoms. The molecule has 2 rings (SSSR count). The Hall–Kier alpha value is -1.00. The molecule has 0 bridgehead atoms. The molecule has 0 saturated heterocycles. The number of nitrogens with zero attached hydrogens (tertiary/aromatic N) is 2. The highest BCUT2D eigenvalue weighted by atomic mass is 16.5. The van der Waals surface area contributed by atoms with Crippen LogP contribution in [0.1, 0.15) is 29.2 Å². The summed E-state index contributed by atoms with van der Waals surface area (Å²) in [6, 6.07) is 0. The standard InChI is InChI=1S/C10H15N3O/c1-7-8-5-14-6-9(8)13-10(12-7)3-2-4-11/h2-6,11H2,1H3. The third-order valence-corrected chi connectivity index (χ3v) is 2.44. The van der Waals surface area contributed by atoms with Crippen LogP contribution < -0.4 is 5.73 Å². The maximum Gasteiger partial charge on any atom is 0.129 e. The van der Waals surface area contributed by atoms with Gasteiger partial charge < -0.3 is 10.5 Å². The van der Waals surface area contributed by atoms with E-state index in [0.29, 0.717) is 19.8 Å². The molecule has 1 aliphatic heterocycles. The third kappa shape index (κ3) is 1.76. The molecule has 4 nitrogen and oxygen atoms in total. The van der Waals surface area contributed by atoms with Gasteiger partial charge in [-0.25, -0.2) is 9.97 Å². The average Bonchev–Trinajstić information content (AvgIpc) is 2.63. The van der Waals surface area contributed by atoms with Gasteiger partial charge in [-0.3, -0.25) is 0 Å². The quantitative estimate of drug-likeness (QED) is 0.767. The van der Waals surface area contributed by atoms with Crippen molar-refractivity contribution in [1.29, 1.82) is 0 Å². The molecule has 2 N–H and O–H groups in total. The predicted octanol–water partition coefficient (Wildman–Crippen LogP) is 0.707. The van der Waals surface area contributed by atoms with Crippen LogP contribution in [0.25, 0.3) is 0 Å². The van der Waals surface area contributed by atoms with Crippen LogP contribution in [0, 0.1) is 6.92 Å². The number of ether oxygens (including phenoxy) is 1. The largest absolute Gasteiger partial charge is 0.370 e. The van der Waals surface area contributed by atoms with Crippen molar-refractivity contribution in [3.05, 3.63) is 22.8 Å². The summed E-state index contributed by atoms with van der Waals surface area (Å²) in [7, 11) is 0. The monoisotopic (exact) mass is 193 g/mol. The number of fused-ring (bicyclic) bond motifs is 1. The Balaban J connectivity index is 2.23. The minimum Gasteiger partial charge on any atom is -0.370 e. The van der Waals surface area contributed by atoms with Crippen molar-refractivity contribution >= 4 is 0 Å². The lowest BCUT2D eigenvalue weighted by molar-refractivity contribution is 0.133. The molecule has 0 fully saturated rings. The van der Waals surface area contributed by atoms with Crippen molar-refractivity contribution in [2.24, 2.45) is 5.73 Å². The Morgan fingerprint density at radius 1 is 1.36 bits per heavy atom. The fraction of sp³-hybridized carbons (Fsp3) is 0.600. The molecule has 1 aromatic rings. The van der Waals surface area contributed by atoms with Crippen molar-refractivity contribution in [1.82, 2.24) is 9.97 Å². The van der Waals surface area contributed by atoms with Crippen molar-refractivity contribution in [2.45, 2.75) is 33.0 Å². The first-order chi connectivity index (χ1) is 6.81. The third-order valence-electron chi connectivity index (χ3n) is 2.44. The number of nitrogens with two attached hydrogens (primary N) is 1. The molecule has 0 aliphatic carbocycles. The van der Waals surface area contributed by atoms with E-state index < -0.39 is 0 Å². The lowest BCUT2D eigenvalue weighted by Crippen LogP contribution is -2.06. The van der Waals surface area contributed by atoms with E-state index in [1.807, 2.05) is 6.92 Å². The molecular formula is C10H15N3O. The van der Waals surface area contributed by atoms with Crippen LogP contribution >= 0.6 is 0 Å². The highest BCUT2D eigenvalue weighted by Crippen LogP contribution is 2.20. The summed E-state index contributed by atoms with van der Waals surface area (Å²) in [6.45, 7) is 4.00. The first-order valence-electron chi connectivity index (χ1n) is 4.94. The Morgan fingerprint density at radius 3 is 3.00 bits per heavy atom. The number of hydrogen-bond donors (Lipinski definition) is 1. The molecule has 1 aliphatic rings. The topological polar surface area (TPSA) is 61.0 Å². The molecule has 0 amide bonds. The van der Waals surface area contributed by atoms with Crippen LogP contribution in [0.5, 0.6) is 0 Å². The first-order valence-corrected chi connectivity index (χ1v) is 4.94. The second-order valence-corrected chi connectivity index (χ2v) is 3.54. The van der Waals surface area contributed by atoms with Crippen LogP contribution in [0.15, 0.2) is 0 Å². The van der Waals surface area contributed by atoms with Gasteiger partial charge in [-0.05, 0) is 19.9 Å². The average molecular weight is 193 g/mol. The number of aromatic nitrogens is 2. The van der Waals surface area contributed by atoms with Crippen LogP contribution in [0.3, 0.4) is 0 Å². The van der Waals surface area contributed by atoms with E-state index in [0.717, 1.165) is 30.1 Å². The number of hydrogen-bond acceptors (Lipinski definition) is 4. The van der Waals surface area contributed by atoms with E-state index in [9.17, 15) is 0 Å².